The molecule has 2 aromatic carbocycles. The smallest absolute Gasteiger partial charge is 0.251 e. The molecule has 0 aromatic heterocycles. The third-order valence-electron chi connectivity index (χ3n) is 6.08. The molecule has 0 heterocycles. The normalized spacial score (nSPS) is 15.8. The lowest BCUT2D eigenvalue weighted by molar-refractivity contribution is -0.131. The predicted molar refractivity (Wildman–Crippen MR) is 125 cm³/mol. The highest BCUT2D eigenvalue weighted by atomic mass is 16.2. The Morgan fingerprint density at radius 2 is 1.39 bits per heavy atom. The Hall–Kier alpha value is -3.48. The molecule has 1 aliphatic rings. The van der Waals surface area contributed by atoms with Crippen LogP contribution in [0, 0.1) is 11.8 Å². The zero-order valence-electron chi connectivity index (χ0n) is 19.2. The lowest BCUT2D eigenvalue weighted by Crippen LogP contribution is -2.56. The number of hydrogen-bond donors (Lipinski definition) is 3. The molecule has 0 unspecified atom stereocenters. The second-order valence-electron chi connectivity index (χ2n) is 8.90. The number of carbonyl (C=O) groups is 4. The molecule has 0 radical (unpaired) electrons. The van der Waals surface area contributed by atoms with Crippen molar-refractivity contribution < 1.29 is 19.2 Å². The number of nitrogens with one attached hydrogen (secondary N) is 3. The van der Waals surface area contributed by atoms with E-state index >= 15 is 0 Å². The van der Waals surface area contributed by atoms with Crippen LogP contribution in [0.4, 0.5) is 0 Å². The molecule has 0 aliphatic heterocycles. The number of aldehydes is 1. The highest BCUT2D eigenvalue weighted by Crippen LogP contribution is 2.29. The molecule has 7 heteroatoms. The van der Waals surface area contributed by atoms with E-state index < -0.39 is 29.9 Å². The fourth-order valence-corrected chi connectivity index (χ4v) is 4.06. The summed E-state index contributed by atoms with van der Waals surface area (Å²) in [5.41, 5.74) is 2.78. The second-order valence-corrected chi connectivity index (χ2v) is 8.90. The molecule has 2 aromatic rings. The monoisotopic (exact) mass is 449 g/mol. The Morgan fingerprint density at radius 3 is 1.94 bits per heavy atom. The highest BCUT2D eigenvalue weighted by molar-refractivity contribution is 5.98. The molecule has 0 fully saturated rings. The van der Waals surface area contributed by atoms with Gasteiger partial charge in [0.25, 0.3) is 5.91 Å². The van der Waals surface area contributed by atoms with Gasteiger partial charge in [-0.3, -0.25) is 14.4 Å². The van der Waals surface area contributed by atoms with Crippen molar-refractivity contribution in [2.24, 2.45) is 11.8 Å². The summed E-state index contributed by atoms with van der Waals surface area (Å²) in [5, 5.41) is 8.26. The maximum Gasteiger partial charge on any atom is 0.251 e. The predicted octanol–water partition coefficient (Wildman–Crippen LogP) is 2.04. The molecule has 174 valence electrons. The maximum atomic E-state index is 13.3. The van der Waals surface area contributed by atoms with Gasteiger partial charge < -0.3 is 20.7 Å². The minimum Gasteiger partial charge on any atom is -0.345 e. The number of carbonyl (C=O) groups excluding carboxylic acids is 4. The van der Waals surface area contributed by atoms with E-state index in [1.54, 1.807) is 31.2 Å². The molecule has 0 bridgehead atoms. The Labute approximate surface area is 194 Å². The van der Waals surface area contributed by atoms with E-state index in [0.717, 1.165) is 11.1 Å². The quantitative estimate of drug-likeness (QED) is 0.510. The average Bonchev–Trinajstić information content (AvgIpc) is 3.24. The first-order valence-electron chi connectivity index (χ1n) is 11.3. The third-order valence-corrected chi connectivity index (χ3v) is 6.08. The molecule has 3 rings (SSSR count). The van der Waals surface area contributed by atoms with Crippen molar-refractivity contribution in [3.63, 3.8) is 0 Å². The van der Waals surface area contributed by atoms with Gasteiger partial charge in [0, 0.05) is 5.56 Å². The van der Waals surface area contributed by atoms with Crippen molar-refractivity contribution in [1.82, 2.24) is 16.0 Å². The summed E-state index contributed by atoms with van der Waals surface area (Å²) in [4.78, 5) is 49.9. The Kier molecular flexibility index (Phi) is 7.98. The van der Waals surface area contributed by atoms with Gasteiger partial charge in [-0.2, -0.15) is 0 Å². The first-order valence-corrected chi connectivity index (χ1v) is 11.3. The van der Waals surface area contributed by atoms with Crippen LogP contribution < -0.4 is 16.0 Å². The number of amides is 3. The molecule has 3 N–H and O–H groups in total. The fourth-order valence-electron chi connectivity index (χ4n) is 4.06. The summed E-state index contributed by atoms with van der Waals surface area (Å²) in [7, 11) is 0. The van der Waals surface area contributed by atoms with E-state index in [-0.39, 0.29) is 17.7 Å². The van der Waals surface area contributed by atoms with Gasteiger partial charge in [-0.25, -0.2) is 0 Å². The first-order chi connectivity index (χ1) is 15.8. The van der Waals surface area contributed by atoms with Gasteiger partial charge in [-0.1, -0.05) is 56.3 Å². The highest BCUT2D eigenvalue weighted by Gasteiger charge is 2.35. The molecule has 0 saturated carbocycles. The van der Waals surface area contributed by atoms with Crippen molar-refractivity contribution in [3.05, 3.63) is 71.3 Å². The molecule has 33 heavy (non-hydrogen) atoms. The molecule has 0 saturated heterocycles. The Balaban J connectivity index is 1.74. The summed E-state index contributed by atoms with van der Waals surface area (Å²) in [6, 6.07) is 14.4. The van der Waals surface area contributed by atoms with Crippen LogP contribution in [0.1, 0.15) is 42.3 Å². The summed E-state index contributed by atoms with van der Waals surface area (Å²) in [6.45, 7) is 5.22. The van der Waals surface area contributed by atoms with Crippen LogP contribution in [0.15, 0.2) is 54.6 Å². The standard InChI is InChI=1S/C26H31N3O4/c1-16(2)22(15-30)28-24(31)17(3)27-26(33)23(29-25(32)18-9-5-4-6-10-18)21-13-19-11-7-8-12-20(19)14-21/h4-12,15-17,21-23H,13-14H2,1-3H3,(H,27,33)(H,28,31)(H,29,32)/t17-,22+,23+/m0/s1. The van der Waals surface area contributed by atoms with E-state index in [4.69, 9.17) is 0 Å². The van der Waals surface area contributed by atoms with Crippen LogP contribution in [0.5, 0.6) is 0 Å². The molecule has 3 atom stereocenters. The van der Waals surface area contributed by atoms with Crippen molar-refractivity contribution in [3.8, 4) is 0 Å². The third kappa shape index (κ3) is 6.06. The number of hydrogen-bond acceptors (Lipinski definition) is 4. The van der Waals surface area contributed by atoms with E-state index in [1.165, 1.54) is 0 Å². The SMILES string of the molecule is CC(C)[C@@H](C=O)NC(=O)[C@H](C)NC(=O)[C@H](NC(=O)c1ccccc1)C1Cc2ccccc2C1. The largest absolute Gasteiger partial charge is 0.345 e. The summed E-state index contributed by atoms with van der Waals surface area (Å²) in [6.07, 6.45) is 2.00. The topological polar surface area (TPSA) is 104 Å². The van der Waals surface area contributed by atoms with Gasteiger partial charge >= 0.3 is 0 Å². The van der Waals surface area contributed by atoms with Gasteiger partial charge in [0.2, 0.25) is 11.8 Å². The summed E-state index contributed by atoms with van der Waals surface area (Å²) >= 11 is 0. The van der Waals surface area contributed by atoms with Crippen LogP contribution in [-0.4, -0.2) is 42.1 Å². The molecule has 3 amide bonds. The lowest BCUT2D eigenvalue weighted by Gasteiger charge is -2.26. The average molecular weight is 450 g/mol. The van der Waals surface area contributed by atoms with Crippen molar-refractivity contribution >= 4 is 24.0 Å². The van der Waals surface area contributed by atoms with Crippen LogP contribution in [0.25, 0.3) is 0 Å². The zero-order valence-corrected chi connectivity index (χ0v) is 19.2. The van der Waals surface area contributed by atoms with Crippen molar-refractivity contribution in [2.75, 3.05) is 0 Å². The summed E-state index contributed by atoms with van der Waals surface area (Å²) < 4.78 is 0. The molecule has 7 nitrogen and oxygen atoms in total. The number of rotatable bonds is 9. The van der Waals surface area contributed by atoms with Crippen LogP contribution in [-0.2, 0) is 27.2 Å². The molecular formula is C26H31N3O4. The number of fused-ring (bicyclic) bond motifs is 1. The Morgan fingerprint density at radius 1 is 0.818 bits per heavy atom. The van der Waals surface area contributed by atoms with Gasteiger partial charge in [-0.15, -0.1) is 0 Å². The van der Waals surface area contributed by atoms with Gasteiger partial charge in [-0.05, 0) is 54.9 Å². The van der Waals surface area contributed by atoms with Crippen LogP contribution >= 0.6 is 0 Å². The van der Waals surface area contributed by atoms with E-state index in [9.17, 15) is 19.2 Å². The van der Waals surface area contributed by atoms with Crippen molar-refractivity contribution in [2.45, 2.75) is 51.7 Å². The Bertz CT molecular complexity index is 981. The second kappa shape index (κ2) is 10.9. The number of benzene rings is 2. The van der Waals surface area contributed by atoms with E-state index in [0.29, 0.717) is 24.7 Å². The zero-order chi connectivity index (χ0) is 24.0. The molecule has 0 spiro atoms. The minimum atomic E-state index is -0.862. The molecule has 1 aliphatic carbocycles. The van der Waals surface area contributed by atoms with Gasteiger partial charge in [0.15, 0.2) is 0 Å². The molecular weight excluding hydrogens is 418 g/mol. The van der Waals surface area contributed by atoms with Crippen molar-refractivity contribution in [1.29, 1.82) is 0 Å². The van der Waals surface area contributed by atoms with E-state index in [1.807, 2.05) is 44.2 Å². The van der Waals surface area contributed by atoms with E-state index in [2.05, 4.69) is 16.0 Å². The van der Waals surface area contributed by atoms with Gasteiger partial charge in [0.1, 0.15) is 18.4 Å². The fraction of sp³-hybridized carbons (Fsp3) is 0.385. The maximum absolute atomic E-state index is 13.3. The minimum absolute atomic E-state index is 0.0655. The first kappa shape index (κ1) is 24.2. The summed E-state index contributed by atoms with van der Waals surface area (Å²) in [5.74, 6) is -1.42. The van der Waals surface area contributed by atoms with Crippen LogP contribution in [0.3, 0.4) is 0 Å². The van der Waals surface area contributed by atoms with Crippen LogP contribution in [0.2, 0.25) is 0 Å². The lowest BCUT2D eigenvalue weighted by atomic mass is 9.95. The van der Waals surface area contributed by atoms with Gasteiger partial charge in [0.05, 0.1) is 6.04 Å².